The molecule has 0 aromatic carbocycles. The lowest BCUT2D eigenvalue weighted by Crippen LogP contribution is -2.48. The van der Waals surface area contributed by atoms with E-state index in [4.69, 9.17) is 4.74 Å². The van der Waals surface area contributed by atoms with Crippen molar-refractivity contribution in [1.82, 2.24) is 14.8 Å². The molecule has 3 rings (SSSR count). The Morgan fingerprint density at radius 1 is 1.37 bits per heavy atom. The summed E-state index contributed by atoms with van der Waals surface area (Å²) in [6.07, 6.45) is 3.27. The van der Waals surface area contributed by atoms with Gasteiger partial charge in [0.05, 0.1) is 19.8 Å². The lowest BCUT2D eigenvalue weighted by atomic mass is 10.1. The number of aryl methyl sites for hydroxylation is 1. The smallest absolute Gasteiger partial charge is 0.107 e. The van der Waals surface area contributed by atoms with Crippen molar-refractivity contribution in [3.8, 4) is 0 Å². The Kier molecular flexibility index (Phi) is 4.17. The van der Waals surface area contributed by atoms with Gasteiger partial charge in [0.25, 0.3) is 0 Å². The van der Waals surface area contributed by atoms with Crippen LogP contribution in [0.3, 0.4) is 0 Å². The minimum Gasteiger partial charge on any atom is -0.379 e. The number of aromatic nitrogens is 1. The van der Waals surface area contributed by atoms with Crippen molar-refractivity contribution in [1.29, 1.82) is 0 Å². The Bertz CT molecular complexity index is 417. The van der Waals surface area contributed by atoms with Crippen LogP contribution in [0.25, 0.3) is 0 Å². The molecular formula is C14H23N3OS. The molecule has 0 amide bonds. The average Bonchev–Trinajstić information content (AvgIpc) is 2.99. The van der Waals surface area contributed by atoms with E-state index in [9.17, 15) is 0 Å². The third kappa shape index (κ3) is 2.99. The van der Waals surface area contributed by atoms with Crippen LogP contribution in [0.1, 0.15) is 23.2 Å². The van der Waals surface area contributed by atoms with Gasteiger partial charge in [-0.25, -0.2) is 4.98 Å². The Morgan fingerprint density at radius 3 is 2.84 bits per heavy atom. The van der Waals surface area contributed by atoms with Crippen molar-refractivity contribution >= 4 is 11.3 Å². The quantitative estimate of drug-likeness (QED) is 0.844. The second-order valence-electron chi connectivity index (χ2n) is 5.58. The van der Waals surface area contributed by atoms with Crippen LogP contribution in [-0.4, -0.2) is 59.7 Å². The maximum Gasteiger partial charge on any atom is 0.107 e. The van der Waals surface area contributed by atoms with Gasteiger partial charge >= 0.3 is 0 Å². The molecule has 2 aliphatic heterocycles. The molecule has 0 unspecified atom stereocenters. The Labute approximate surface area is 119 Å². The molecule has 19 heavy (non-hydrogen) atoms. The van der Waals surface area contributed by atoms with Gasteiger partial charge in [-0.05, 0) is 20.3 Å². The molecule has 0 aliphatic carbocycles. The highest BCUT2D eigenvalue weighted by Crippen LogP contribution is 2.26. The minimum absolute atomic E-state index is 0.627. The van der Waals surface area contributed by atoms with E-state index in [2.05, 4.69) is 28.6 Å². The second-order valence-corrected chi connectivity index (χ2v) is 6.90. The summed E-state index contributed by atoms with van der Waals surface area (Å²) in [5.41, 5.74) is 0. The number of nitrogens with zero attached hydrogens (tertiary/aromatic N) is 3. The van der Waals surface area contributed by atoms with E-state index in [1.807, 2.05) is 17.5 Å². The van der Waals surface area contributed by atoms with Crippen LogP contribution in [0, 0.1) is 6.92 Å². The fraction of sp³-hybridized carbons (Fsp3) is 0.786. The molecule has 0 radical (unpaired) electrons. The summed E-state index contributed by atoms with van der Waals surface area (Å²) in [7, 11) is 0. The molecular weight excluding hydrogens is 258 g/mol. The van der Waals surface area contributed by atoms with Crippen LogP contribution < -0.4 is 0 Å². The van der Waals surface area contributed by atoms with E-state index in [1.54, 1.807) is 0 Å². The first kappa shape index (κ1) is 13.5. The number of thiazole rings is 1. The molecule has 0 spiro atoms. The summed E-state index contributed by atoms with van der Waals surface area (Å²) < 4.78 is 5.46. The summed E-state index contributed by atoms with van der Waals surface area (Å²) in [5, 5.41) is 1.26. The van der Waals surface area contributed by atoms with Gasteiger partial charge in [-0.3, -0.25) is 9.80 Å². The molecule has 2 saturated heterocycles. The van der Waals surface area contributed by atoms with E-state index < -0.39 is 0 Å². The van der Waals surface area contributed by atoms with Crippen molar-refractivity contribution in [2.75, 3.05) is 32.8 Å². The molecule has 2 atom stereocenters. The van der Waals surface area contributed by atoms with Gasteiger partial charge in [-0.1, -0.05) is 0 Å². The Hall–Kier alpha value is -0.490. The third-order valence-corrected chi connectivity index (χ3v) is 5.26. The van der Waals surface area contributed by atoms with Gasteiger partial charge in [-0.15, -0.1) is 11.3 Å². The zero-order chi connectivity index (χ0) is 13.2. The first-order valence-corrected chi connectivity index (χ1v) is 8.03. The molecule has 1 aromatic heterocycles. The average molecular weight is 281 g/mol. The van der Waals surface area contributed by atoms with Crippen molar-refractivity contribution in [3.05, 3.63) is 16.1 Å². The van der Waals surface area contributed by atoms with Crippen LogP contribution in [0.4, 0.5) is 0 Å². The fourth-order valence-electron chi connectivity index (χ4n) is 3.25. The Balaban J connectivity index is 1.59. The summed E-state index contributed by atoms with van der Waals surface area (Å²) >= 11 is 1.83. The number of ether oxygens (including phenoxy) is 1. The standard InChI is InChI=1S/C14H23N3OS/c1-11-9-15-14(19-11)10-17-4-3-13(12(17)2)16-5-7-18-8-6-16/h9,12-13H,3-8,10H2,1-2H3/t12-,13-/m1/s1. The predicted molar refractivity (Wildman–Crippen MR) is 77.5 cm³/mol. The molecule has 0 bridgehead atoms. The number of likely N-dealkylation sites (tertiary alicyclic amines) is 1. The van der Waals surface area contributed by atoms with Crippen LogP contribution >= 0.6 is 11.3 Å². The number of morpholine rings is 1. The highest BCUT2D eigenvalue weighted by Gasteiger charge is 2.35. The van der Waals surface area contributed by atoms with E-state index in [0.29, 0.717) is 12.1 Å². The van der Waals surface area contributed by atoms with E-state index in [-0.39, 0.29) is 0 Å². The fourth-order valence-corrected chi connectivity index (χ4v) is 4.07. The lowest BCUT2D eigenvalue weighted by Gasteiger charge is -2.35. The molecule has 0 saturated carbocycles. The molecule has 4 nitrogen and oxygen atoms in total. The molecule has 2 aliphatic rings. The van der Waals surface area contributed by atoms with Gasteiger partial charge < -0.3 is 4.74 Å². The van der Waals surface area contributed by atoms with E-state index in [0.717, 1.165) is 32.8 Å². The van der Waals surface area contributed by atoms with Crippen molar-refractivity contribution < 1.29 is 4.74 Å². The predicted octanol–water partition coefficient (Wildman–Crippen LogP) is 1.75. The normalized spacial score (nSPS) is 30.0. The highest BCUT2D eigenvalue weighted by molar-refractivity contribution is 7.11. The molecule has 1 aromatic rings. The molecule has 2 fully saturated rings. The summed E-state index contributed by atoms with van der Waals surface area (Å²) in [5.74, 6) is 0. The van der Waals surface area contributed by atoms with E-state index in [1.165, 1.54) is 22.9 Å². The van der Waals surface area contributed by atoms with Crippen LogP contribution in [0.5, 0.6) is 0 Å². The van der Waals surface area contributed by atoms with Crippen LogP contribution in [0.15, 0.2) is 6.20 Å². The summed E-state index contributed by atoms with van der Waals surface area (Å²) in [4.78, 5) is 11.0. The van der Waals surface area contributed by atoms with Gasteiger partial charge in [0, 0.05) is 42.8 Å². The lowest BCUT2D eigenvalue weighted by molar-refractivity contribution is 0.00983. The summed E-state index contributed by atoms with van der Waals surface area (Å²) in [6, 6.07) is 1.33. The number of hydrogen-bond donors (Lipinski definition) is 0. The van der Waals surface area contributed by atoms with Crippen molar-refractivity contribution in [2.45, 2.75) is 38.9 Å². The van der Waals surface area contributed by atoms with Crippen LogP contribution in [0.2, 0.25) is 0 Å². The molecule has 0 N–H and O–H groups in total. The maximum atomic E-state index is 5.46. The maximum absolute atomic E-state index is 5.46. The molecule has 3 heterocycles. The zero-order valence-corrected chi connectivity index (χ0v) is 12.7. The monoisotopic (exact) mass is 281 g/mol. The van der Waals surface area contributed by atoms with Gasteiger partial charge in [0.2, 0.25) is 0 Å². The van der Waals surface area contributed by atoms with Gasteiger partial charge in [-0.2, -0.15) is 0 Å². The first-order valence-electron chi connectivity index (χ1n) is 7.21. The molecule has 106 valence electrons. The third-order valence-electron chi connectivity index (χ3n) is 4.37. The largest absolute Gasteiger partial charge is 0.379 e. The molecule has 5 heteroatoms. The Morgan fingerprint density at radius 2 is 2.16 bits per heavy atom. The minimum atomic E-state index is 0.627. The van der Waals surface area contributed by atoms with Gasteiger partial charge in [0.15, 0.2) is 0 Å². The summed E-state index contributed by atoms with van der Waals surface area (Å²) in [6.45, 7) is 10.7. The number of hydrogen-bond acceptors (Lipinski definition) is 5. The SMILES string of the molecule is Cc1cnc(CN2CC[C@@H](N3CCOCC3)[C@H]2C)s1. The topological polar surface area (TPSA) is 28.6 Å². The first-order chi connectivity index (χ1) is 9.24. The van der Waals surface area contributed by atoms with Crippen LogP contribution in [-0.2, 0) is 11.3 Å². The number of rotatable bonds is 3. The zero-order valence-electron chi connectivity index (χ0n) is 11.8. The van der Waals surface area contributed by atoms with Crippen molar-refractivity contribution in [2.24, 2.45) is 0 Å². The highest BCUT2D eigenvalue weighted by atomic mass is 32.1. The van der Waals surface area contributed by atoms with E-state index >= 15 is 0 Å². The second kappa shape index (κ2) is 5.87. The van der Waals surface area contributed by atoms with Crippen molar-refractivity contribution in [3.63, 3.8) is 0 Å². The van der Waals surface area contributed by atoms with Gasteiger partial charge in [0.1, 0.15) is 5.01 Å².